The van der Waals surface area contributed by atoms with E-state index in [1.54, 1.807) is 0 Å². The van der Waals surface area contributed by atoms with E-state index >= 15 is 0 Å². The van der Waals surface area contributed by atoms with Crippen molar-refractivity contribution in [1.82, 2.24) is 14.5 Å². The van der Waals surface area contributed by atoms with Crippen LogP contribution >= 0.6 is 0 Å². The normalized spacial score (nSPS) is 18.7. The van der Waals surface area contributed by atoms with Crippen molar-refractivity contribution in [1.29, 1.82) is 0 Å². The lowest BCUT2D eigenvalue weighted by molar-refractivity contribution is -0.119. The first kappa shape index (κ1) is 17.8. The minimum atomic E-state index is 0.103. The van der Waals surface area contributed by atoms with Gasteiger partial charge in [0.15, 0.2) is 0 Å². The van der Waals surface area contributed by atoms with Crippen LogP contribution in [0.1, 0.15) is 12.8 Å². The number of aldehydes is 1. The van der Waals surface area contributed by atoms with Crippen LogP contribution in [-0.2, 0) is 16.6 Å². The fraction of sp³-hybridized carbons (Fsp3) is 0.261. The molecule has 1 aliphatic rings. The lowest BCUT2D eigenvalue weighted by atomic mass is 9.92. The zero-order valence-electron chi connectivity index (χ0n) is 16.1. The summed E-state index contributed by atoms with van der Waals surface area (Å²) in [6.07, 6.45) is 8.18. The topological polar surface area (TPSA) is 66.2 Å². The quantitative estimate of drug-likeness (QED) is 0.469. The largest absolute Gasteiger partial charge is 0.474 e. The van der Waals surface area contributed by atoms with Gasteiger partial charge >= 0.3 is 0 Å². The van der Waals surface area contributed by atoms with E-state index in [-0.39, 0.29) is 18.8 Å². The van der Waals surface area contributed by atoms with E-state index in [4.69, 9.17) is 9.47 Å². The number of pyridine rings is 2. The lowest BCUT2D eigenvalue weighted by Crippen LogP contribution is -2.39. The number of ether oxygens (including phenoxy) is 2. The fourth-order valence-electron chi connectivity index (χ4n) is 3.95. The molecule has 5 rings (SSSR count). The Balaban J connectivity index is 1.34. The van der Waals surface area contributed by atoms with Gasteiger partial charge in [0.2, 0.25) is 5.88 Å². The molecule has 3 aromatic heterocycles. The number of hydrogen-bond acceptors (Lipinski definition) is 5. The van der Waals surface area contributed by atoms with Crippen LogP contribution in [0.2, 0.25) is 0 Å². The zero-order valence-corrected chi connectivity index (χ0v) is 16.1. The molecule has 1 aliphatic carbocycles. The van der Waals surface area contributed by atoms with E-state index in [2.05, 4.69) is 39.8 Å². The van der Waals surface area contributed by atoms with Crippen molar-refractivity contribution in [2.75, 3.05) is 6.61 Å². The summed E-state index contributed by atoms with van der Waals surface area (Å²) < 4.78 is 13.4. The van der Waals surface area contributed by atoms with E-state index in [0.29, 0.717) is 5.88 Å². The van der Waals surface area contributed by atoms with Crippen LogP contribution in [0, 0.1) is 0 Å². The van der Waals surface area contributed by atoms with Gasteiger partial charge in [0.05, 0.1) is 11.6 Å². The molecule has 0 unspecified atom stereocenters. The molecule has 0 saturated heterocycles. The summed E-state index contributed by atoms with van der Waals surface area (Å²) in [6.45, 7) is 0.155. The molecule has 1 saturated carbocycles. The SMILES string of the molecule is Cn1c2ccncc2c2ccc(-c3ccc(O[C@H]4C[C@H](OCC=O)C4)nc3)cc21. The maximum atomic E-state index is 10.3. The highest BCUT2D eigenvalue weighted by atomic mass is 16.5. The average molecular weight is 387 g/mol. The minimum Gasteiger partial charge on any atom is -0.474 e. The summed E-state index contributed by atoms with van der Waals surface area (Å²) in [5, 5.41) is 2.36. The van der Waals surface area contributed by atoms with Crippen molar-refractivity contribution in [2.45, 2.75) is 25.0 Å². The average Bonchev–Trinajstić information content (AvgIpc) is 3.02. The fourth-order valence-corrected chi connectivity index (χ4v) is 3.95. The van der Waals surface area contributed by atoms with E-state index in [1.807, 2.05) is 36.8 Å². The van der Waals surface area contributed by atoms with Crippen molar-refractivity contribution in [3.05, 3.63) is 55.0 Å². The second-order valence-corrected chi connectivity index (χ2v) is 7.40. The standard InChI is InChI=1S/C23H21N3O3/c1-26-21-6-7-24-14-20(21)19-4-2-15(10-22(19)26)16-3-5-23(25-13-16)29-18-11-17(12-18)28-9-8-27/h2-8,10,13-14,17-18H,9,11-12H2,1H3/t17-,18-. The third-order valence-electron chi connectivity index (χ3n) is 5.62. The van der Waals surface area contributed by atoms with Crippen molar-refractivity contribution in [3.8, 4) is 17.0 Å². The molecule has 0 atom stereocenters. The van der Waals surface area contributed by atoms with Crippen LogP contribution in [0.4, 0.5) is 0 Å². The number of carbonyl (C=O) groups excluding carboxylic acids is 1. The van der Waals surface area contributed by atoms with E-state index in [0.717, 1.165) is 35.6 Å². The van der Waals surface area contributed by atoms with Gasteiger partial charge in [-0.05, 0) is 23.8 Å². The first-order valence-corrected chi connectivity index (χ1v) is 9.73. The summed E-state index contributed by atoms with van der Waals surface area (Å²) in [5.74, 6) is 0.615. The molecule has 6 heteroatoms. The third-order valence-corrected chi connectivity index (χ3v) is 5.62. The number of fused-ring (bicyclic) bond motifs is 3. The molecule has 0 radical (unpaired) electrons. The molecule has 1 aromatic carbocycles. The highest BCUT2D eigenvalue weighted by Gasteiger charge is 2.31. The summed E-state index contributed by atoms with van der Waals surface area (Å²) in [4.78, 5) is 19.1. The van der Waals surface area contributed by atoms with Gasteiger partial charge < -0.3 is 18.8 Å². The Morgan fingerprint density at radius 1 is 1.03 bits per heavy atom. The molecule has 29 heavy (non-hydrogen) atoms. The molecular weight excluding hydrogens is 366 g/mol. The van der Waals surface area contributed by atoms with Crippen molar-refractivity contribution in [2.24, 2.45) is 7.05 Å². The molecule has 0 aliphatic heterocycles. The first-order valence-electron chi connectivity index (χ1n) is 9.73. The van der Waals surface area contributed by atoms with Crippen LogP contribution in [0.5, 0.6) is 5.88 Å². The molecule has 3 heterocycles. The molecule has 0 N–H and O–H groups in total. The number of benzene rings is 1. The maximum Gasteiger partial charge on any atom is 0.213 e. The number of aromatic nitrogens is 3. The van der Waals surface area contributed by atoms with Crippen LogP contribution in [-0.4, -0.2) is 39.6 Å². The van der Waals surface area contributed by atoms with E-state index in [1.165, 1.54) is 16.4 Å². The van der Waals surface area contributed by atoms with Gasteiger partial charge in [-0.2, -0.15) is 0 Å². The minimum absolute atomic E-state index is 0.103. The Morgan fingerprint density at radius 3 is 2.69 bits per heavy atom. The van der Waals surface area contributed by atoms with Gasteiger partial charge in [0, 0.05) is 66.4 Å². The van der Waals surface area contributed by atoms with Crippen molar-refractivity contribution >= 4 is 28.1 Å². The molecule has 4 aromatic rings. The summed E-state index contributed by atoms with van der Waals surface area (Å²) in [5.41, 5.74) is 4.50. The van der Waals surface area contributed by atoms with E-state index in [9.17, 15) is 4.79 Å². The number of hydrogen-bond donors (Lipinski definition) is 0. The molecule has 0 amide bonds. The van der Waals surface area contributed by atoms with Crippen molar-refractivity contribution in [3.63, 3.8) is 0 Å². The Morgan fingerprint density at radius 2 is 1.90 bits per heavy atom. The van der Waals surface area contributed by atoms with Gasteiger partial charge in [0.1, 0.15) is 19.0 Å². The summed E-state index contributed by atoms with van der Waals surface area (Å²) in [7, 11) is 2.08. The Hall–Kier alpha value is -3.25. The van der Waals surface area contributed by atoms with Gasteiger partial charge in [0.25, 0.3) is 0 Å². The lowest BCUT2D eigenvalue weighted by Gasteiger charge is -2.34. The number of rotatable bonds is 6. The van der Waals surface area contributed by atoms with Crippen LogP contribution in [0.25, 0.3) is 32.9 Å². The highest BCUT2D eigenvalue weighted by molar-refractivity contribution is 6.08. The number of carbonyl (C=O) groups is 1. The molecule has 0 bridgehead atoms. The van der Waals surface area contributed by atoms with Crippen LogP contribution in [0.15, 0.2) is 55.0 Å². The maximum absolute atomic E-state index is 10.3. The Labute approximate surface area is 168 Å². The first-order chi connectivity index (χ1) is 14.2. The Bertz CT molecular complexity index is 1180. The summed E-state index contributed by atoms with van der Waals surface area (Å²) >= 11 is 0. The summed E-state index contributed by atoms with van der Waals surface area (Å²) in [6, 6.07) is 12.4. The monoisotopic (exact) mass is 387 g/mol. The molecule has 6 nitrogen and oxygen atoms in total. The van der Waals surface area contributed by atoms with Gasteiger partial charge in [-0.15, -0.1) is 0 Å². The second kappa shape index (κ2) is 7.29. The third kappa shape index (κ3) is 3.25. The molecule has 0 spiro atoms. The molecule has 1 fully saturated rings. The highest BCUT2D eigenvalue weighted by Crippen LogP contribution is 2.32. The van der Waals surface area contributed by atoms with Gasteiger partial charge in [-0.1, -0.05) is 12.1 Å². The van der Waals surface area contributed by atoms with E-state index < -0.39 is 0 Å². The predicted molar refractivity (Wildman–Crippen MR) is 111 cm³/mol. The van der Waals surface area contributed by atoms with Crippen LogP contribution < -0.4 is 4.74 Å². The Kier molecular flexibility index (Phi) is 4.48. The second-order valence-electron chi connectivity index (χ2n) is 7.40. The van der Waals surface area contributed by atoms with Crippen molar-refractivity contribution < 1.29 is 14.3 Å². The number of aryl methyl sites for hydroxylation is 1. The zero-order chi connectivity index (χ0) is 19.8. The van der Waals surface area contributed by atoms with Gasteiger partial charge in [-0.25, -0.2) is 4.98 Å². The number of nitrogens with zero attached hydrogens (tertiary/aromatic N) is 3. The smallest absolute Gasteiger partial charge is 0.213 e. The van der Waals surface area contributed by atoms with Crippen LogP contribution in [0.3, 0.4) is 0 Å². The molecular formula is C23H21N3O3. The van der Waals surface area contributed by atoms with Gasteiger partial charge in [-0.3, -0.25) is 4.98 Å². The predicted octanol–water partition coefficient (Wildman–Crippen LogP) is 3.91. The molecule has 146 valence electrons.